The van der Waals surface area contributed by atoms with Crippen LogP contribution in [-0.4, -0.2) is 25.8 Å². The summed E-state index contributed by atoms with van der Waals surface area (Å²) in [5, 5.41) is 14.4. The largest absolute Gasteiger partial charge is 0.476 e. The predicted octanol–water partition coefficient (Wildman–Crippen LogP) is 2.92. The van der Waals surface area contributed by atoms with E-state index in [2.05, 4.69) is 10.1 Å². The fourth-order valence-corrected chi connectivity index (χ4v) is 2.31. The van der Waals surface area contributed by atoms with Crippen molar-refractivity contribution in [2.24, 2.45) is 7.05 Å². The lowest BCUT2D eigenvalue weighted by atomic mass is 10.2. The molecular weight excluding hydrogens is 266 g/mol. The summed E-state index contributed by atoms with van der Waals surface area (Å²) >= 11 is 6.12. The van der Waals surface area contributed by atoms with Gasteiger partial charge in [0.25, 0.3) is 0 Å². The number of carbonyl (C=O) groups is 1. The molecule has 0 fully saturated rings. The molecule has 0 atom stereocenters. The van der Waals surface area contributed by atoms with Crippen LogP contribution in [0.5, 0.6) is 0 Å². The zero-order valence-electron chi connectivity index (χ0n) is 10.0. The number of carboxylic acid groups (broad SMARTS) is 1. The van der Waals surface area contributed by atoms with Crippen molar-refractivity contribution in [1.82, 2.24) is 14.8 Å². The minimum atomic E-state index is -1.05. The van der Waals surface area contributed by atoms with Crippen LogP contribution < -0.4 is 0 Å². The van der Waals surface area contributed by atoms with Crippen LogP contribution in [0.1, 0.15) is 10.5 Å². The lowest BCUT2D eigenvalue weighted by molar-refractivity contribution is 0.0689. The Kier molecular flexibility index (Phi) is 2.57. The zero-order valence-corrected chi connectivity index (χ0v) is 10.8. The van der Waals surface area contributed by atoms with Gasteiger partial charge in [-0.25, -0.2) is 4.79 Å². The second kappa shape index (κ2) is 4.13. The van der Waals surface area contributed by atoms with Gasteiger partial charge in [0.15, 0.2) is 5.69 Å². The summed E-state index contributed by atoms with van der Waals surface area (Å²) in [5.74, 6) is -1.05. The maximum absolute atomic E-state index is 10.9. The van der Waals surface area contributed by atoms with Gasteiger partial charge >= 0.3 is 5.97 Å². The first-order valence-electron chi connectivity index (χ1n) is 5.61. The summed E-state index contributed by atoms with van der Waals surface area (Å²) < 4.78 is 1.53. The zero-order chi connectivity index (χ0) is 13.6. The number of nitrogens with one attached hydrogen (secondary N) is 1. The monoisotopic (exact) mass is 275 g/mol. The number of aromatic amines is 1. The molecule has 2 heterocycles. The lowest BCUT2D eigenvalue weighted by Crippen LogP contribution is -1.99. The summed E-state index contributed by atoms with van der Waals surface area (Å²) in [6.45, 7) is 0. The van der Waals surface area contributed by atoms with Crippen LogP contribution in [0.3, 0.4) is 0 Å². The molecule has 0 unspecified atom stereocenters. The van der Waals surface area contributed by atoms with Crippen LogP contribution in [0, 0.1) is 0 Å². The standard InChI is InChI=1S/C13H10ClN3O2/c1-17-12(6-11(16-17)13(18)19)10-5-7-8(14)3-2-4-9(7)15-10/h2-6,15H,1H3,(H,18,19). The number of aromatic carboxylic acids is 1. The topological polar surface area (TPSA) is 70.9 Å². The van der Waals surface area contributed by atoms with Crippen LogP contribution in [0.25, 0.3) is 22.3 Å². The summed E-state index contributed by atoms with van der Waals surface area (Å²) in [4.78, 5) is 14.1. The van der Waals surface area contributed by atoms with E-state index < -0.39 is 5.97 Å². The van der Waals surface area contributed by atoms with E-state index in [0.717, 1.165) is 16.6 Å². The maximum Gasteiger partial charge on any atom is 0.356 e. The van der Waals surface area contributed by atoms with Crippen molar-refractivity contribution in [3.63, 3.8) is 0 Å². The molecule has 3 rings (SSSR count). The average Bonchev–Trinajstić information content (AvgIpc) is 2.93. The number of hydrogen-bond acceptors (Lipinski definition) is 2. The van der Waals surface area contributed by atoms with Gasteiger partial charge in [-0.2, -0.15) is 5.10 Å². The number of benzene rings is 1. The molecular formula is C13H10ClN3O2. The molecule has 2 aromatic heterocycles. The number of carboxylic acids is 1. The van der Waals surface area contributed by atoms with Gasteiger partial charge in [0, 0.05) is 29.0 Å². The molecule has 0 radical (unpaired) electrons. The predicted molar refractivity (Wildman–Crippen MR) is 72.5 cm³/mol. The first-order chi connectivity index (χ1) is 9.06. The highest BCUT2D eigenvalue weighted by molar-refractivity contribution is 6.35. The van der Waals surface area contributed by atoms with Crippen LogP contribution >= 0.6 is 11.6 Å². The summed E-state index contributed by atoms with van der Waals surface area (Å²) in [6, 6.07) is 9.00. The van der Waals surface area contributed by atoms with Gasteiger partial charge in [-0.05, 0) is 18.2 Å². The minimum Gasteiger partial charge on any atom is -0.476 e. The smallest absolute Gasteiger partial charge is 0.356 e. The van der Waals surface area contributed by atoms with E-state index in [-0.39, 0.29) is 5.69 Å². The molecule has 2 N–H and O–H groups in total. The van der Waals surface area contributed by atoms with Gasteiger partial charge in [0.05, 0.1) is 11.4 Å². The Hall–Kier alpha value is -2.27. The average molecular weight is 276 g/mol. The summed E-state index contributed by atoms with van der Waals surface area (Å²) in [6.07, 6.45) is 0. The van der Waals surface area contributed by atoms with Crippen LogP contribution in [0.4, 0.5) is 0 Å². The Morgan fingerprint density at radius 1 is 1.42 bits per heavy atom. The molecule has 0 aliphatic heterocycles. The molecule has 0 bridgehead atoms. The van der Waals surface area contributed by atoms with Crippen molar-refractivity contribution >= 4 is 28.5 Å². The third-order valence-corrected chi connectivity index (χ3v) is 3.32. The Bertz CT molecular complexity index is 788. The number of H-pyrrole nitrogens is 1. The quantitative estimate of drug-likeness (QED) is 0.755. The Morgan fingerprint density at radius 3 is 2.84 bits per heavy atom. The van der Waals surface area contributed by atoms with E-state index >= 15 is 0 Å². The third-order valence-electron chi connectivity index (χ3n) is 2.99. The van der Waals surface area contributed by atoms with E-state index in [1.165, 1.54) is 10.7 Å². The van der Waals surface area contributed by atoms with E-state index in [9.17, 15) is 4.79 Å². The van der Waals surface area contributed by atoms with Gasteiger partial charge in [-0.3, -0.25) is 4.68 Å². The van der Waals surface area contributed by atoms with Crippen molar-refractivity contribution in [1.29, 1.82) is 0 Å². The van der Waals surface area contributed by atoms with Gasteiger partial charge in [-0.15, -0.1) is 0 Å². The van der Waals surface area contributed by atoms with Crippen molar-refractivity contribution in [2.45, 2.75) is 0 Å². The van der Waals surface area contributed by atoms with Crippen molar-refractivity contribution in [3.8, 4) is 11.4 Å². The van der Waals surface area contributed by atoms with Gasteiger partial charge < -0.3 is 10.1 Å². The first kappa shape index (κ1) is 11.8. The van der Waals surface area contributed by atoms with Gasteiger partial charge in [0.1, 0.15) is 0 Å². The number of halogens is 1. The Labute approximate surface area is 113 Å². The molecule has 0 aliphatic carbocycles. The van der Waals surface area contributed by atoms with E-state index in [0.29, 0.717) is 10.7 Å². The van der Waals surface area contributed by atoms with Crippen molar-refractivity contribution in [3.05, 3.63) is 41.0 Å². The summed E-state index contributed by atoms with van der Waals surface area (Å²) in [5.41, 5.74) is 2.40. The molecule has 96 valence electrons. The Balaban J connectivity index is 2.19. The van der Waals surface area contributed by atoms with Crippen molar-refractivity contribution in [2.75, 3.05) is 0 Å². The molecule has 1 aromatic carbocycles. The fraction of sp³-hybridized carbons (Fsp3) is 0.0769. The molecule has 0 spiro atoms. The van der Waals surface area contributed by atoms with Crippen LogP contribution in [0.15, 0.2) is 30.3 Å². The number of aryl methyl sites for hydroxylation is 1. The number of aromatic nitrogens is 3. The molecule has 0 saturated carbocycles. The highest BCUT2D eigenvalue weighted by Crippen LogP contribution is 2.29. The number of hydrogen-bond donors (Lipinski definition) is 2. The van der Waals surface area contributed by atoms with Gasteiger partial charge in [0.2, 0.25) is 0 Å². The SMILES string of the molecule is Cn1nc(C(=O)O)cc1-c1cc2c(Cl)cccc2[nH]1. The third kappa shape index (κ3) is 1.88. The number of fused-ring (bicyclic) bond motifs is 1. The van der Waals surface area contributed by atoms with E-state index in [1.807, 2.05) is 24.3 Å². The van der Waals surface area contributed by atoms with Crippen molar-refractivity contribution < 1.29 is 9.90 Å². The van der Waals surface area contributed by atoms with E-state index in [1.54, 1.807) is 7.05 Å². The van der Waals surface area contributed by atoms with Gasteiger partial charge in [-0.1, -0.05) is 17.7 Å². The maximum atomic E-state index is 10.9. The summed E-state index contributed by atoms with van der Waals surface area (Å²) in [7, 11) is 1.70. The fourth-order valence-electron chi connectivity index (χ4n) is 2.08. The highest BCUT2D eigenvalue weighted by Gasteiger charge is 2.14. The number of nitrogens with zero attached hydrogens (tertiary/aromatic N) is 2. The highest BCUT2D eigenvalue weighted by atomic mass is 35.5. The van der Waals surface area contributed by atoms with Crippen LogP contribution in [0.2, 0.25) is 5.02 Å². The second-order valence-corrected chi connectivity index (χ2v) is 4.63. The molecule has 0 saturated heterocycles. The molecule has 3 aromatic rings. The number of rotatable bonds is 2. The van der Waals surface area contributed by atoms with Crippen LogP contribution in [-0.2, 0) is 7.05 Å². The first-order valence-corrected chi connectivity index (χ1v) is 5.99. The molecule has 19 heavy (non-hydrogen) atoms. The minimum absolute atomic E-state index is 0.0160. The lowest BCUT2D eigenvalue weighted by Gasteiger charge is -1.96. The molecule has 6 heteroatoms. The van der Waals surface area contributed by atoms with E-state index in [4.69, 9.17) is 16.7 Å². The normalized spacial score (nSPS) is 11.1. The molecule has 5 nitrogen and oxygen atoms in total. The second-order valence-electron chi connectivity index (χ2n) is 4.23. The molecule has 0 aliphatic rings. The molecule has 0 amide bonds. The Morgan fingerprint density at radius 2 is 2.21 bits per heavy atom.